The van der Waals surface area contributed by atoms with E-state index in [2.05, 4.69) is 142 Å². The zero-order chi connectivity index (χ0) is 53.4. The van der Waals surface area contributed by atoms with Gasteiger partial charge in [-0.2, -0.15) is 0 Å². The number of esters is 2. The fourth-order valence-corrected chi connectivity index (χ4v) is 8.46. The molecule has 0 radical (unpaired) electrons. The third-order valence-corrected chi connectivity index (χ3v) is 13.0. The van der Waals surface area contributed by atoms with Gasteiger partial charge in [0.15, 0.2) is 6.10 Å². The number of carbonyl (C=O) groups excluding carboxylic acids is 2. The van der Waals surface area contributed by atoms with Crippen molar-refractivity contribution >= 4 is 11.9 Å². The second kappa shape index (κ2) is 63.6. The summed E-state index contributed by atoms with van der Waals surface area (Å²) in [5, 5.41) is 0. The minimum Gasteiger partial charge on any atom is -0.462 e. The third kappa shape index (κ3) is 60.9. The zero-order valence-electron chi connectivity index (χ0n) is 48.6. The van der Waals surface area contributed by atoms with E-state index in [0.717, 1.165) is 116 Å². The monoisotopic (exact) mass is 1020 g/mol. The Morgan fingerprint density at radius 3 is 0.973 bits per heavy atom. The maximum Gasteiger partial charge on any atom is 0.306 e. The van der Waals surface area contributed by atoms with Crippen molar-refractivity contribution in [1.82, 2.24) is 0 Å². The molecule has 0 rings (SSSR count). The van der Waals surface area contributed by atoms with Gasteiger partial charge in [0.2, 0.25) is 0 Å². The van der Waals surface area contributed by atoms with Crippen molar-refractivity contribution in [3.05, 3.63) is 122 Å². The van der Waals surface area contributed by atoms with E-state index in [9.17, 15) is 9.59 Å². The van der Waals surface area contributed by atoms with E-state index in [0.29, 0.717) is 19.4 Å². The summed E-state index contributed by atoms with van der Waals surface area (Å²) in [6, 6.07) is 0. The molecule has 0 aliphatic rings. The molecule has 0 aliphatic carbocycles. The van der Waals surface area contributed by atoms with Crippen molar-refractivity contribution in [2.24, 2.45) is 0 Å². The molecule has 1 unspecified atom stereocenters. The molecule has 0 heterocycles. The van der Waals surface area contributed by atoms with E-state index in [1.54, 1.807) is 0 Å². The van der Waals surface area contributed by atoms with Crippen LogP contribution >= 0.6 is 0 Å². The van der Waals surface area contributed by atoms with Crippen LogP contribution in [0.2, 0.25) is 0 Å². The van der Waals surface area contributed by atoms with Gasteiger partial charge in [0, 0.05) is 19.4 Å². The molecule has 0 aliphatic heterocycles. The summed E-state index contributed by atoms with van der Waals surface area (Å²) in [4.78, 5) is 25.6. The molecule has 0 aromatic rings. The van der Waals surface area contributed by atoms with Gasteiger partial charge in [-0.05, 0) is 103 Å². The molecule has 0 spiro atoms. The van der Waals surface area contributed by atoms with Crippen molar-refractivity contribution in [1.29, 1.82) is 0 Å². The maximum absolute atomic E-state index is 12.9. The molecular weight excluding hydrogens is 909 g/mol. The fourth-order valence-electron chi connectivity index (χ4n) is 8.46. The summed E-state index contributed by atoms with van der Waals surface area (Å²) in [6.07, 6.45) is 89.6. The molecule has 5 heteroatoms. The van der Waals surface area contributed by atoms with Crippen LogP contribution in [-0.4, -0.2) is 37.9 Å². The lowest BCUT2D eigenvalue weighted by Gasteiger charge is -2.18. The van der Waals surface area contributed by atoms with Crippen LogP contribution in [0, 0.1) is 0 Å². The normalized spacial score (nSPS) is 13.1. The lowest BCUT2D eigenvalue weighted by atomic mass is 10.0. The van der Waals surface area contributed by atoms with E-state index in [4.69, 9.17) is 14.2 Å². The summed E-state index contributed by atoms with van der Waals surface area (Å²) < 4.78 is 17.5. The predicted octanol–water partition coefficient (Wildman–Crippen LogP) is 21.7. The van der Waals surface area contributed by atoms with Gasteiger partial charge in [-0.15, -0.1) is 0 Å². The van der Waals surface area contributed by atoms with Crippen LogP contribution in [0.1, 0.15) is 278 Å². The first kappa shape index (κ1) is 70.3. The second-order valence-corrected chi connectivity index (χ2v) is 20.2. The van der Waals surface area contributed by atoms with Crippen LogP contribution in [0.4, 0.5) is 0 Å². The van der Waals surface area contributed by atoms with Gasteiger partial charge >= 0.3 is 11.9 Å². The Morgan fingerprint density at radius 1 is 0.311 bits per heavy atom. The molecule has 422 valence electrons. The number of carbonyl (C=O) groups is 2. The minimum absolute atomic E-state index is 0.0498. The zero-order valence-corrected chi connectivity index (χ0v) is 48.6. The number of rotatable bonds is 56. The molecule has 0 saturated heterocycles. The summed E-state index contributed by atoms with van der Waals surface area (Å²) >= 11 is 0. The highest BCUT2D eigenvalue weighted by Gasteiger charge is 2.17. The number of hydrogen-bond donors (Lipinski definition) is 0. The minimum atomic E-state index is -0.581. The molecule has 5 nitrogen and oxygen atoms in total. The highest BCUT2D eigenvalue weighted by atomic mass is 16.6. The molecule has 0 aromatic carbocycles. The van der Waals surface area contributed by atoms with Gasteiger partial charge < -0.3 is 14.2 Å². The van der Waals surface area contributed by atoms with Crippen LogP contribution < -0.4 is 0 Å². The first-order valence-electron chi connectivity index (χ1n) is 31.1. The molecule has 0 amide bonds. The van der Waals surface area contributed by atoms with Crippen molar-refractivity contribution in [3.8, 4) is 0 Å². The second-order valence-electron chi connectivity index (χ2n) is 20.2. The topological polar surface area (TPSA) is 61.8 Å². The average Bonchev–Trinajstić information content (AvgIpc) is 3.40. The fraction of sp³-hybridized carbons (Fsp3) is 0.681. The summed E-state index contributed by atoms with van der Waals surface area (Å²) in [5.41, 5.74) is 0. The van der Waals surface area contributed by atoms with E-state index in [1.807, 2.05) is 0 Å². The summed E-state index contributed by atoms with van der Waals surface area (Å²) in [5.74, 6) is -0.441. The Kier molecular flexibility index (Phi) is 60.4. The predicted molar refractivity (Wildman–Crippen MR) is 325 cm³/mol. The number of ether oxygens (including phenoxy) is 3. The summed E-state index contributed by atoms with van der Waals surface area (Å²) in [7, 11) is 0. The van der Waals surface area contributed by atoms with Crippen LogP contribution in [0.3, 0.4) is 0 Å². The van der Waals surface area contributed by atoms with Gasteiger partial charge in [-0.3, -0.25) is 9.59 Å². The number of unbranched alkanes of at least 4 members (excludes halogenated alkanes) is 25. The van der Waals surface area contributed by atoms with Crippen LogP contribution in [-0.2, 0) is 23.8 Å². The molecular formula is C69H116O5. The van der Waals surface area contributed by atoms with Crippen molar-refractivity contribution in [3.63, 3.8) is 0 Å². The molecule has 74 heavy (non-hydrogen) atoms. The number of allylic oxidation sites excluding steroid dienone is 20. The van der Waals surface area contributed by atoms with E-state index in [-0.39, 0.29) is 25.2 Å². The van der Waals surface area contributed by atoms with Crippen molar-refractivity contribution < 1.29 is 23.8 Å². The van der Waals surface area contributed by atoms with Gasteiger partial charge in [-0.25, -0.2) is 0 Å². The Balaban J connectivity index is 4.41. The highest BCUT2D eigenvalue weighted by molar-refractivity contribution is 5.70. The molecule has 0 fully saturated rings. The summed E-state index contributed by atoms with van der Waals surface area (Å²) in [6.45, 7) is 7.47. The van der Waals surface area contributed by atoms with Gasteiger partial charge in [0.25, 0.3) is 0 Å². The van der Waals surface area contributed by atoms with Crippen LogP contribution in [0.25, 0.3) is 0 Å². The Hall–Kier alpha value is -3.70. The van der Waals surface area contributed by atoms with Gasteiger partial charge in [0.05, 0.1) is 6.61 Å². The first-order chi connectivity index (χ1) is 36.6. The highest BCUT2D eigenvalue weighted by Crippen LogP contribution is 2.16. The standard InChI is InChI=1S/C69H116O5/c1-4-7-10-13-16-19-22-25-28-31-34-37-40-43-46-49-52-55-58-61-64-72-65-67(74-69(71)63-60-57-54-51-48-45-42-39-36-33-30-27-24-21-18-15-12-9-6-3)66-73-68(70)62-59-56-53-50-47-44-41-38-35-32-29-26-23-20-17-14-11-8-5-2/h7-8,10-11,16-17,19-20,25-26,28-29,34-35,37-38,43,46,52,55,67H,4-6,9,12-15,18,21-24,27,30-33,36,39-42,44-45,47-51,53-54,56-66H2,1-3H3/b10-7-,11-8-,19-16-,20-17-,28-25-,29-26-,37-34-,38-35-,46-43-,55-52-. The number of hydrogen-bond acceptors (Lipinski definition) is 5. The van der Waals surface area contributed by atoms with E-state index >= 15 is 0 Å². The Bertz CT molecular complexity index is 1490. The van der Waals surface area contributed by atoms with Crippen molar-refractivity contribution in [2.45, 2.75) is 284 Å². The van der Waals surface area contributed by atoms with Gasteiger partial charge in [0.1, 0.15) is 6.61 Å². The smallest absolute Gasteiger partial charge is 0.306 e. The van der Waals surface area contributed by atoms with E-state index < -0.39 is 6.10 Å². The molecule has 0 N–H and O–H groups in total. The van der Waals surface area contributed by atoms with E-state index in [1.165, 1.54) is 128 Å². The molecule has 0 bridgehead atoms. The quantitative estimate of drug-likeness (QED) is 0.0345. The van der Waals surface area contributed by atoms with Crippen LogP contribution in [0.5, 0.6) is 0 Å². The lowest BCUT2D eigenvalue weighted by Crippen LogP contribution is -2.30. The third-order valence-electron chi connectivity index (χ3n) is 13.0. The SMILES string of the molecule is CC/C=C\C/C=C\C/C=C\C/C=C\C/C=C\C/C=C\CCCOCC(COC(=O)CCCCCCCC/C=C\C/C=C\C/C=C\C/C=C\CC)OC(=O)CCCCCCCCCCCCCCCCCCCCC. The van der Waals surface area contributed by atoms with Crippen LogP contribution in [0.15, 0.2) is 122 Å². The molecule has 1 atom stereocenters. The molecule has 0 saturated carbocycles. The largest absolute Gasteiger partial charge is 0.462 e. The van der Waals surface area contributed by atoms with Gasteiger partial charge in [-0.1, -0.05) is 284 Å². The first-order valence-corrected chi connectivity index (χ1v) is 31.1. The molecule has 0 aromatic heterocycles. The Morgan fingerprint density at radius 2 is 0.608 bits per heavy atom. The Labute approximate surface area is 458 Å². The van der Waals surface area contributed by atoms with Crippen molar-refractivity contribution in [2.75, 3.05) is 19.8 Å². The average molecular weight is 1030 g/mol. The lowest BCUT2D eigenvalue weighted by molar-refractivity contribution is -0.163. The maximum atomic E-state index is 12.9.